The van der Waals surface area contributed by atoms with Crippen molar-refractivity contribution >= 4 is 44.8 Å². The second-order valence-corrected chi connectivity index (χ2v) is 13.2. The largest absolute Gasteiger partial charge is 0.494 e. The van der Waals surface area contributed by atoms with Gasteiger partial charge in [0.05, 0.1) is 24.6 Å². The number of hydrogen-bond acceptors (Lipinski definition) is 9. The Labute approximate surface area is 292 Å². The predicted molar refractivity (Wildman–Crippen MR) is 196 cm³/mol. The molecular formula is C38H34N4O5S2. The number of anilines is 2. The molecule has 6 rings (SSSR count). The molecule has 4 aromatic carbocycles. The third-order valence-electron chi connectivity index (χ3n) is 7.38. The number of carbonyl (C=O) groups is 2. The number of carbonyl (C=O) groups excluding carboxylic acids is 2. The molecule has 0 radical (unpaired) electrons. The van der Waals surface area contributed by atoms with E-state index in [1.54, 1.807) is 48.5 Å². The zero-order valence-electron chi connectivity index (χ0n) is 27.4. The molecule has 9 nitrogen and oxygen atoms in total. The molecule has 0 spiro atoms. The van der Waals surface area contributed by atoms with Crippen LogP contribution in [0.25, 0.3) is 22.5 Å². The average molecular weight is 691 g/mol. The summed E-state index contributed by atoms with van der Waals surface area (Å²) < 4.78 is 17.0. The van der Waals surface area contributed by atoms with Crippen LogP contribution in [-0.4, -0.2) is 35.0 Å². The summed E-state index contributed by atoms with van der Waals surface area (Å²) in [5, 5.41) is 6.84. The standard InChI is InChI=1S/C38H34N4O5S2/c1-5-45-29-15-7-25(8-16-29)33-23(3)48-37(39-33)41-35(43)27-11-19-31(20-12-27)47-32-21-13-28(14-22-32)36(44)42-38-40-34(24(4)49-38)26-9-17-30(18-10-26)46-6-2/h7-22H,5-6H2,1-4H3,(H,39,41,43)(H,40,42,44). The minimum absolute atomic E-state index is 0.268. The molecule has 0 unspecified atom stereocenters. The number of nitrogens with one attached hydrogen (secondary N) is 2. The molecule has 0 saturated carbocycles. The van der Waals surface area contributed by atoms with E-state index in [0.717, 1.165) is 43.8 Å². The van der Waals surface area contributed by atoms with E-state index in [1.807, 2.05) is 76.2 Å². The number of aromatic nitrogens is 2. The van der Waals surface area contributed by atoms with E-state index in [2.05, 4.69) is 20.6 Å². The predicted octanol–water partition coefficient (Wildman–Crippen LogP) is 9.64. The van der Waals surface area contributed by atoms with Gasteiger partial charge in [-0.15, -0.1) is 22.7 Å². The van der Waals surface area contributed by atoms with Crippen molar-refractivity contribution < 1.29 is 23.8 Å². The summed E-state index contributed by atoms with van der Waals surface area (Å²) in [4.78, 5) is 37.2. The third-order valence-corrected chi connectivity index (χ3v) is 9.15. The Morgan fingerprint density at radius 1 is 0.551 bits per heavy atom. The number of nitrogens with zero attached hydrogens (tertiary/aromatic N) is 2. The van der Waals surface area contributed by atoms with Gasteiger partial charge in [0, 0.05) is 32.0 Å². The first-order valence-corrected chi connectivity index (χ1v) is 17.3. The smallest absolute Gasteiger partial charge is 0.257 e. The fourth-order valence-corrected chi connectivity index (χ4v) is 6.67. The quantitative estimate of drug-likeness (QED) is 0.132. The molecule has 49 heavy (non-hydrogen) atoms. The van der Waals surface area contributed by atoms with Crippen LogP contribution in [-0.2, 0) is 0 Å². The monoisotopic (exact) mass is 690 g/mol. The molecule has 0 bridgehead atoms. The maximum atomic E-state index is 13.0. The van der Waals surface area contributed by atoms with Gasteiger partial charge in [-0.3, -0.25) is 20.2 Å². The number of ether oxygens (including phenoxy) is 3. The fraction of sp³-hybridized carbons (Fsp3) is 0.158. The van der Waals surface area contributed by atoms with Crippen LogP contribution in [0.2, 0.25) is 0 Å². The van der Waals surface area contributed by atoms with Crippen molar-refractivity contribution in [1.29, 1.82) is 0 Å². The number of thiazole rings is 2. The first kappa shape index (κ1) is 33.4. The van der Waals surface area contributed by atoms with Crippen LogP contribution in [0, 0.1) is 13.8 Å². The first-order chi connectivity index (χ1) is 23.8. The van der Waals surface area contributed by atoms with Gasteiger partial charge in [-0.25, -0.2) is 9.97 Å². The first-order valence-electron chi connectivity index (χ1n) is 15.7. The van der Waals surface area contributed by atoms with E-state index in [0.29, 0.717) is 46.1 Å². The summed E-state index contributed by atoms with van der Waals surface area (Å²) in [5.41, 5.74) is 4.50. The van der Waals surface area contributed by atoms with Crippen LogP contribution < -0.4 is 24.8 Å². The second kappa shape index (κ2) is 15.1. The number of rotatable bonds is 12. The molecular weight excluding hydrogens is 657 g/mol. The summed E-state index contributed by atoms with van der Waals surface area (Å²) in [6, 6.07) is 29.2. The third kappa shape index (κ3) is 8.14. The highest BCUT2D eigenvalue weighted by Gasteiger charge is 2.16. The van der Waals surface area contributed by atoms with Crippen molar-refractivity contribution in [2.24, 2.45) is 0 Å². The molecule has 0 aliphatic heterocycles. The van der Waals surface area contributed by atoms with Crippen LogP contribution in [0.1, 0.15) is 44.3 Å². The average Bonchev–Trinajstić information content (AvgIpc) is 3.66. The van der Waals surface area contributed by atoms with Gasteiger partial charge in [0.25, 0.3) is 11.8 Å². The Morgan fingerprint density at radius 3 is 1.24 bits per heavy atom. The van der Waals surface area contributed by atoms with Gasteiger partial charge >= 0.3 is 0 Å². The zero-order valence-corrected chi connectivity index (χ0v) is 29.0. The lowest BCUT2D eigenvalue weighted by molar-refractivity contribution is 0.101. The van der Waals surface area contributed by atoms with Gasteiger partial charge in [0.2, 0.25) is 0 Å². The molecule has 11 heteroatoms. The maximum absolute atomic E-state index is 13.0. The van der Waals surface area contributed by atoms with Crippen molar-refractivity contribution in [3.8, 4) is 45.5 Å². The number of hydrogen-bond donors (Lipinski definition) is 2. The summed E-state index contributed by atoms with van der Waals surface area (Å²) in [6.07, 6.45) is 0. The molecule has 6 aromatic rings. The molecule has 0 atom stereocenters. The van der Waals surface area contributed by atoms with Crippen LogP contribution in [0.3, 0.4) is 0 Å². The van der Waals surface area contributed by atoms with E-state index in [4.69, 9.17) is 14.2 Å². The zero-order chi connectivity index (χ0) is 34.3. The lowest BCUT2D eigenvalue weighted by atomic mass is 10.1. The Balaban J connectivity index is 1.03. The molecule has 0 aliphatic rings. The van der Waals surface area contributed by atoms with E-state index < -0.39 is 0 Å². The Morgan fingerprint density at radius 2 is 0.898 bits per heavy atom. The van der Waals surface area contributed by atoms with Crippen LogP contribution >= 0.6 is 22.7 Å². The molecule has 0 fully saturated rings. The van der Waals surface area contributed by atoms with Gasteiger partial charge in [-0.2, -0.15) is 0 Å². The topological polar surface area (TPSA) is 112 Å². The van der Waals surface area contributed by atoms with Crippen molar-refractivity contribution in [2.75, 3.05) is 23.8 Å². The normalized spacial score (nSPS) is 10.8. The summed E-state index contributed by atoms with van der Waals surface area (Å²) in [5.74, 6) is 2.18. The molecule has 2 heterocycles. The molecule has 2 aromatic heterocycles. The lowest BCUT2D eigenvalue weighted by Crippen LogP contribution is -2.11. The van der Waals surface area contributed by atoms with Crippen LogP contribution in [0.5, 0.6) is 23.0 Å². The van der Waals surface area contributed by atoms with E-state index >= 15 is 0 Å². The maximum Gasteiger partial charge on any atom is 0.257 e. The number of aryl methyl sites for hydroxylation is 2. The summed E-state index contributed by atoms with van der Waals surface area (Å²) in [7, 11) is 0. The van der Waals surface area contributed by atoms with Gasteiger partial charge in [0.15, 0.2) is 10.3 Å². The summed E-state index contributed by atoms with van der Waals surface area (Å²) in [6.45, 7) is 9.06. The Kier molecular flexibility index (Phi) is 10.3. The van der Waals surface area contributed by atoms with Gasteiger partial charge in [-0.1, -0.05) is 0 Å². The molecule has 2 amide bonds. The molecule has 0 aliphatic carbocycles. The highest BCUT2D eigenvalue weighted by atomic mass is 32.1. The highest BCUT2D eigenvalue weighted by Crippen LogP contribution is 2.33. The lowest BCUT2D eigenvalue weighted by Gasteiger charge is -2.08. The van der Waals surface area contributed by atoms with E-state index in [9.17, 15) is 9.59 Å². The molecule has 2 N–H and O–H groups in total. The highest BCUT2D eigenvalue weighted by molar-refractivity contribution is 7.16. The van der Waals surface area contributed by atoms with Crippen molar-refractivity contribution in [2.45, 2.75) is 27.7 Å². The van der Waals surface area contributed by atoms with Gasteiger partial charge in [0.1, 0.15) is 23.0 Å². The minimum atomic E-state index is -0.268. The van der Waals surface area contributed by atoms with Crippen LogP contribution in [0.4, 0.5) is 10.3 Å². The summed E-state index contributed by atoms with van der Waals surface area (Å²) >= 11 is 2.85. The molecule has 0 saturated heterocycles. The Hall–Kier alpha value is -5.52. The Bertz CT molecular complexity index is 1900. The fourth-order valence-electron chi connectivity index (χ4n) is 5.01. The van der Waals surface area contributed by atoms with Crippen LogP contribution in [0.15, 0.2) is 97.1 Å². The van der Waals surface area contributed by atoms with Gasteiger partial charge in [-0.05, 0) is 125 Å². The van der Waals surface area contributed by atoms with Gasteiger partial charge < -0.3 is 14.2 Å². The van der Waals surface area contributed by atoms with E-state index in [1.165, 1.54) is 22.7 Å². The van der Waals surface area contributed by atoms with Crippen molar-refractivity contribution in [3.63, 3.8) is 0 Å². The number of benzene rings is 4. The minimum Gasteiger partial charge on any atom is -0.494 e. The van der Waals surface area contributed by atoms with Crippen molar-refractivity contribution in [3.05, 3.63) is 118 Å². The number of amides is 2. The SMILES string of the molecule is CCOc1ccc(-c2nc(NC(=O)c3ccc(Oc4ccc(C(=O)Nc5nc(-c6ccc(OCC)cc6)c(C)s5)cc4)cc3)sc2C)cc1. The van der Waals surface area contributed by atoms with Crippen molar-refractivity contribution in [1.82, 2.24) is 9.97 Å². The van der Waals surface area contributed by atoms with E-state index in [-0.39, 0.29) is 11.8 Å². The second-order valence-electron chi connectivity index (χ2n) is 10.8. The molecule has 248 valence electrons.